The molecule has 17 heavy (non-hydrogen) atoms. The van der Waals surface area contributed by atoms with E-state index in [1.54, 1.807) is 11.3 Å². The number of thiophene rings is 1. The van der Waals surface area contributed by atoms with Crippen LogP contribution < -0.4 is 5.32 Å². The minimum absolute atomic E-state index is 0.0590. The van der Waals surface area contributed by atoms with Crippen LogP contribution in [0.2, 0.25) is 0 Å². The second-order valence-electron chi connectivity index (χ2n) is 3.94. The summed E-state index contributed by atoms with van der Waals surface area (Å²) in [6.07, 6.45) is 0.698. The van der Waals surface area contributed by atoms with Crippen LogP contribution in [-0.2, 0) is 11.2 Å². The number of hydrogen-bond donors (Lipinski definition) is 1. The number of nitrogens with one attached hydrogen (secondary N) is 1. The van der Waals surface area contributed by atoms with Crippen LogP contribution in [0.4, 0.5) is 0 Å². The van der Waals surface area contributed by atoms with Crippen molar-refractivity contribution in [3.8, 4) is 0 Å². The van der Waals surface area contributed by atoms with E-state index < -0.39 is 0 Å². The Bertz CT molecular complexity index is 463. The fraction of sp³-hybridized carbons (Fsp3) is 0.455. The van der Waals surface area contributed by atoms with E-state index >= 15 is 0 Å². The van der Waals surface area contributed by atoms with Gasteiger partial charge in [0.25, 0.3) is 0 Å². The van der Waals surface area contributed by atoms with Crippen molar-refractivity contribution in [3.63, 3.8) is 0 Å². The van der Waals surface area contributed by atoms with Gasteiger partial charge >= 0.3 is 0 Å². The van der Waals surface area contributed by atoms with Crippen LogP contribution in [0, 0.1) is 0 Å². The van der Waals surface area contributed by atoms with Gasteiger partial charge in [-0.15, -0.1) is 0 Å². The molecule has 1 saturated heterocycles. The molecular formula is C11H13N3O2S. The van der Waals surface area contributed by atoms with Crippen molar-refractivity contribution < 1.29 is 9.26 Å². The Labute approximate surface area is 103 Å². The molecule has 1 fully saturated rings. The molecule has 1 atom stereocenters. The number of hydrogen-bond acceptors (Lipinski definition) is 6. The largest absolute Gasteiger partial charge is 0.378 e. The van der Waals surface area contributed by atoms with E-state index in [0.29, 0.717) is 24.7 Å². The fourth-order valence-corrected chi connectivity index (χ4v) is 2.45. The van der Waals surface area contributed by atoms with E-state index in [9.17, 15) is 0 Å². The minimum Gasteiger partial charge on any atom is -0.378 e. The molecule has 6 heteroatoms. The summed E-state index contributed by atoms with van der Waals surface area (Å²) < 4.78 is 10.6. The molecule has 0 aliphatic carbocycles. The predicted octanol–water partition coefficient (Wildman–Crippen LogP) is 1.38. The minimum atomic E-state index is 0.0590. The highest BCUT2D eigenvalue weighted by Gasteiger charge is 2.20. The highest BCUT2D eigenvalue weighted by atomic mass is 32.1. The quantitative estimate of drug-likeness (QED) is 0.893. The summed E-state index contributed by atoms with van der Waals surface area (Å²) in [6.45, 7) is 2.19. The number of rotatable bonds is 3. The summed E-state index contributed by atoms with van der Waals surface area (Å²) in [4.78, 5) is 4.39. The van der Waals surface area contributed by atoms with Crippen molar-refractivity contribution in [2.24, 2.45) is 0 Å². The van der Waals surface area contributed by atoms with E-state index in [0.717, 1.165) is 13.2 Å². The molecule has 0 bridgehead atoms. The molecule has 2 aromatic rings. The molecule has 0 aromatic carbocycles. The molecule has 5 nitrogen and oxygen atoms in total. The summed E-state index contributed by atoms with van der Waals surface area (Å²) in [5.74, 6) is 1.35. The molecule has 0 spiro atoms. The average Bonchev–Trinajstić information content (AvgIpc) is 3.02. The van der Waals surface area contributed by atoms with Crippen LogP contribution in [0.25, 0.3) is 0 Å². The standard InChI is InChI=1S/C11H13N3O2S/c1-4-17-7-8(1)5-10-13-11(14-16-10)9-6-15-3-2-12-9/h1,4,7,9,12H,2-3,5-6H2. The molecule has 0 radical (unpaired) electrons. The monoisotopic (exact) mass is 251 g/mol. The SMILES string of the molecule is c1cc(Cc2nc(C3COCCN3)no2)cs1. The Morgan fingerprint density at radius 3 is 3.29 bits per heavy atom. The van der Waals surface area contributed by atoms with Crippen molar-refractivity contribution in [2.45, 2.75) is 12.5 Å². The van der Waals surface area contributed by atoms with Gasteiger partial charge in [0, 0.05) is 6.54 Å². The molecule has 1 unspecified atom stereocenters. The lowest BCUT2D eigenvalue weighted by Gasteiger charge is -2.20. The van der Waals surface area contributed by atoms with Gasteiger partial charge in [-0.2, -0.15) is 16.3 Å². The van der Waals surface area contributed by atoms with Crippen molar-refractivity contribution in [3.05, 3.63) is 34.1 Å². The van der Waals surface area contributed by atoms with Gasteiger partial charge in [0.05, 0.1) is 25.7 Å². The number of aromatic nitrogens is 2. The van der Waals surface area contributed by atoms with Crippen molar-refractivity contribution in [1.29, 1.82) is 0 Å². The zero-order valence-electron chi connectivity index (χ0n) is 9.26. The molecule has 1 aliphatic heterocycles. The maximum atomic E-state index is 5.37. The van der Waals surface area contributed by atoms with Gasteiger partial charge in [-0.05, 0) is 22.4 Å². The van der Waals surface area contributed by atoms with Crippen molar-refractivity contribution in [2.75, 3.05) is 19.8 Å². The lowest BCUT2D eigenvalue weighted by atomic mass is 10.2. The number of nitrogens with zero attached hydrogens (tertiary/aromatic N) is 2. The van der Waals surface area contributed by atoms with Gasteiger partial charge in [0.2, 0.25) is 5.89 Å². The number of morpholine rings is 1. The van der Waals surface area contributed by atoms with Gasteiger partial charge in [0.1, 0.15) is 0 Å². The highest BCUT2D eigenvalue weighted by Crippen LogP contribution is 2.15. The smallest absolute Gasteiger partial charge is 0.231 e. The highest BCUT2D eigenvalue weighted by molar-refractivity contribution is 7.07. The first-order valence-corrected chi connectivity index (χ1v) is 6.51. The van der Waals surface area contributed by atoms with E-state index in [-0.39, 0.29) is 6.04 Å². The Morgan fingerprint density at radius 2 is 2.53 bits per heavy atom. The second-order valence-corrected chi connectivity index (χ2v) is 4.72. The zero-order valence-corrected chi connectivity index (χ0v) is 10.1. The second kappa shape index (κ2) is 4.95. The topological polar surface area (TPSA) is 60.2 Å². The molecule has 1 N–H and O–H groups in total. The summed E-state index contributed by atoms with van der Waals surface area (Å²) in [6, 6.07) is 2.12. The predicted molar refractivity (Wildman–Crippen MR) is 63.0 cm³/mol. The lowest BCUT2D eigenvalue weighted by molar-refractivity contribution is 0.0734. The van der Waals surface area contributed by atoms with Crippen LogP contribution in [0.15, 0.2) is 21.3 Å². The van der Waals surface area contributed by atoms with Crippen LogP contribution in [-0.4, -0.2) is 29.9 Å². The van der Waals surface area contributed by atoms with Crippen molar-refractivity contribution >= 4 is 11.3 Å². The van der Waals surface area contributed by atoms with Crippen LogP contribution >= 0.6 is 11.3 Å². The molecular weight excluding hydrogens is 238 g/mol. The average molecular weight is 251 g/mol. The third-order valence-electron chi connectivity index (χ3n) is 2.65. The van der Waals surface area contributed by atoms with Gasteiger partial charge in [-0.3, -0.25) is 0 Å². The van der Waals surface area contributed by atoms with E-state index in [4.69, 9.17) is 9.26 Å². The van der Waals surface area contributed by atoms with E-state index in [1.165, 1.54) is 5.56 Å². The first-order valence-electron chi connectivity index (χ1n) is 5.56. The van der Waals surface area contributed by atoms with E-state index in [2.05, 4.69) is 26.9 Å². The zero-order chi connectivity index (χ0) is 11.5. The van der Waals surface area contributed by atoms with Gasteiger partial charge in [0.15, 0.2) is 5.82 Å². The number of ether oxygens (including phenoxy) is 1. The normalized spacial score (nSPS) is 20.6. The Morgan fingerprint density at radius 1 is 1.53 bits per heavy atom. The van der Waals surface area contributed by atoms with Crippen LogP contribution in [0.5, 0.6) is 0 Å². The van der Waals surface area contributed by atoms with Gasteiger partial charge in [-0.25, -0.2) is 0 Å². The van der Waals surface area contributed by atoms with Crippen LogP contribution in [0.1, 0.15) is 23.3 Å². The molecule has 0 amide bonds. The summed E-state index contributed by atoms with van der Waals surface area (Å²) in [5.41, 5.74) is 1.21. The summed E-state index contributed by atoms with van der Waals surface area (Å²) >= 11 is 1.67. The van der Waals surface area contributed by atoms with E-state index in [1.807, 2.05) is 5.38 Å². The summed E-state index contributed by atoms with van der Waals surface area (Å²) in [7, 11) is 0. The molecule has 1 aliphatic rings. The Kier molecular flexibility index (Phi) is 3.17. The van der Waals surface area contributed by atoms with Crippen molar-refractivity contribution in [1.82, 2.24) is 15.5 Å². The Hall–Kier alpha value is -1.24. The Balaban J connectivity index is 1.69. The molecule has 90 valence electrons. The molecule has 2 aromatic heterocycles. The molecule has 3 rings (SSSR count). The maximum Gasteiger partial charge on any atom is 0.231 e. The molecule has 0 saturated carbocycles. The maximum absolute atomic E-state index is 5.37. The molecule has 3 heterocycles. The lowest BCUT2D eigenvalue weighted by Crippen LogP contribution is -2.35. The first kappa shape index (κ1) is 10.9. The summed E-state index contributed by atoms with van der Waals surface area (Å²) in [5, 5.41) is 11.4. The fourth-order valence-electron chi connectivity index (χ4n) is 1.78. The van der Waals surface area contributed by atoms with Crippen LogP contribution in [0.3, 0.4) is 0 Å². The first-order chi connectivity index (χ1) is 8.42. The third kappa shape index (κ3) is 2.54. The van der Waals surface area contributed by atoms with Gasteiger partial charge < -0.3 is 14.6 Å². The van der Waals surface area contributed by atoms with Gasteiger partial charge in [-0.1, -0.05) is 5.16 Å². The third-order valence-corrected chi connectivity index (χ3v) is 3.38.